The van der Waals surface area contributed by atoms with E-state index in [4.69, 9.17) is 5.73 Å². The van der Waals surface area contributed by atoms with Gasteiger partial charge in [-0.2, -0.15) is 9.89 Å². The molecule has 1 aromatic heterocycles. The van der Waals surface area contributed by atoms with Crippen molar-refractivity contribution >= 4 is 12.0 Å². The first kappa shape index (κ1) is 9.04. The fourth-order valence-electron chi connectivity index (χ4n) is 0.639. The van der Waals surface area contributed by atoms with Crippen LogP contribution in [0.3, 0.4) is 0 Å². The van der Waals surface area contributed by atoms with E-state index < -0.39 is 6.03 Å². The first-order valence-corrected chi connectivity index (χ1v) is 3.52. The number of carbonyl (C=O) groups excluding carboxylic acids is 1. The van der Waals surface area contributed by atoms with Gasteiger partial charge in [-0.05, 0) is 6.07 Å². The average molecular weight is 182 g/mol. The standard InChI is InChI=1S/C6H10N6O/c1-8-5(7)10-6(13)11-12-4-2-3-9-12/h2-4H,1H3,(H4,7,8,10,11,13). The largest absolute Gasteiger partial charge is 0.370 e. The zero-order chi connectivity index (χ0) is 9.68. The lowest BCUT2D eigenvalue weighted by atomic mass is 10.8. The summed E-state index contributed by atoms with van der Waals surface area (Å²) in [5.74, 6) is 0.0460. The summed E-state index contributed by atoms with van der Waals surface area (Å²) in [5, 5.41) is 6.04. The van der Waals surface area contributed by atoms with Crippen molar-refractivity contribution in [3.05, 3.63) is 18.5 Å². The van der Waals surface area contributed by atoms with Gasteiger partial charge in [-0.25, -0.2) is 10.2 Å². The predicted octanol–water partition coefficient (Wildman–Crippen LogP) is -0.919. The second-order valence-corrected chi connectivity index (χ2v) is 2.13. The molecular weight excluding hydrogens is 172 g/mol. The van der Waals surface area contributed by atoms with E-state index in [0.29, 0.717) is 0 Å². The summed E-state index contributed by atoms with van der Waals surface area (Å²) < 4.78 is 0. The normalized spacial score (nSPS) is 11.0. The SMILES string of the molecule is CN=C(N)NC(=O)Nn1cccn1. The number of nitrogens with two attached hydrogens (primary N) is 1. The topological polar surface area (TPSA) is 97.3 Å². The Morgan fingerprint density at radius 3 is 3.00 bits per heavy atom. The van der Waals surface area contributed by atoms with Crippen LogP contribution in [0.4, 0.5) is 4.79 Å². The van der Waals surface area contributed by atoms with Crippen LogP contribution in [0.5, 0.6) is 0 Å². The van der Waals surface area contributed by atoms with Crippen LogP contribution < -0.4 is 16.5 Å². The molecule has 1 heterocycles. The number of aromatic nitrogens is 2. The number of guanidine groups is 1. The van der Waals surface area contributed by atoms with E-state index in [1.165, 1.54) is 18.0 Å². The van der Waals surface area contributed by atoms with Gasteiger partial charge in [-0.3, -0.25) is 10.3 Å². The van der Waals surface area contributed by atoms with Crippen molar-refractivity contribution in [2.75, 3.05) is 12.5 Å². The van der Waals surface area contributed by atoms with Gasteiger partial charge in [0.2, 0.25) is 0 Å². The first-order chi connectivity index (χ1) is 6.22. The van der Waals surface area contributed by atoms with Crippen LogP contribution in [-0.2, 0) is 0 Å². The van der Waals surface area contributed by atoms with Gasteiger partial charge in [0.1, 0.15) is 0 Å². The molecule has 0 aliphatic heterocycles. The number of amides is 2. The lowest BCUT2D eigenvalue weighted by Crippen LogP contribution is -2.42. The number of nitrogens with zero attached hydrogens (tertiary/aromatic N) is 3. The van der Waals surface area contributed by atoms with Crippen LogP contribution in [0, 0.1) is 0 Å². The lowest BCUT2D eigenvalue weighted by Gasteiger charge is -2.05. The fourth-order valence-corrected chi connectivity index (χ4v) is 0.639. The highest BCUT2D eigenvalue weighted by molar-refractivity contribution is 5.98. The minimum Gasteiger partial charge on any atom is -0.370 e. The Kier molecular flexibility index (Phi) is 2.85. The number of hydrogen-bond acceptors (Lipinski definition) is 3. The molecule has 7 heteroatoms. The maximum atomic E-state index is 11.0. The number of rotatable bonds is 1. The highest BCUT2D eigenvalue weighted by atomic mass is 16.2. The van der Waals surface area contributed by atoms with Gasteiger partial charge in [0.05, 0.1) is 6.20 Å². The maximum absolute atomic E-state index is 11.0. The monoisotopic (exact) mass is 182 g/mol. The zero-order valence-electron chi connectivity index (χ0n) is 7.06. The number of carbonyl (C=O) groups is 1. The molecule has 0 aliphatic rings. The molecule has 0 radical (unpaired) electrons. The highest BCUT2D eigenvalue weighted by Crippen LogP contribution is 1.78. The minimum absolute atomic E-state index is 0.0460. The van der Waals surface area contributed by atoms with Crippen LogP contribution in [-0.4, -0.2) is 28.9 Å². The van der Waals surface area contributed by atoms with E-state index in [-0.39, 0.29) is 5.96 Å². The number of hydrogen-bond donors (Lipinski definition) is 3. The van der Waals surface area contributed by atoms with Crippen molar-refractivity contribution < 1.29 is 4.79 Å². The molecule has 0 bridgehead atoms. The Morgan fingerprint density at radius 2 is 2.46 bits per heavy atom. The Morgan fingerprint density at radius 1 is 1.69 bits per heavy atom. The second kappa shape index (κ2) is 4.10. The summed E-state index contributed by atoms with van der Waals surface area (Å²) in [5.41, 5.74) is 7.63. The Labute approximate surface area is 74.6 Å². The average Bonchev–Trinajstić information content (AvgIpc) is 2.56. The van der Waals surface area contributed by atoms with Gasteiger partial charge >= 0.3 is 6.03 Å². The van der Waals surface area contributed by atoms with Gasteiger partial charge in [0.25, 0.3) is 0 Å². The lowest BCUT2D eigenvalue weighted by molar-refractivity contribution is 0.253. The van der Waals surface area contributed by atoms with E-state index in [2.05, 4.69) is 20.8 Å². The fraction of sp³-hybridized carbons (Fsp3) is 0.167. The molecule has 1 rings (SSSR count). The minimum atomic E-state index is -0.494. The van der Waals surface area contributed by atoms with Crippen molar-refractivity contribution in [2.24, 2.45) is 10.7 Å². The third kappa shape index (κ3) is 2.81. The van der Waals surface area contributed by atoms with Crippen molar-refractivity contribution in [3.8, 4) is 0 Å². The van der Waals surface area contributed by atoms with Crippen molar-refractivity contribution in [1.29, 1.82) is 0 Å². The molecule has 0 saturated carbocycles. The Bertz CT molecular complexity index is 303. The van der Waals surface area contributed by atoms with E-state index in [1.807, 2.05) is 0 Å². The summed E-state index contributed by atoms with van der Waals surface area (Å²) in [7, 11) is 1.48. The smallest absolute Gasteiger partial charge is 0.341 e. The van der Waals surface area contributed by atoms with Gasteiger partial charge in [-0.1, -0.05) is 0 Å². The molecule has 4 N–H and O–H groups in total. The van der Waals surface area contributed by atoms with Crippen LogP contribution >= 0.6 is 0 Å². The molecule has 0 unspecified atom stereocenters. The van der Waals surface area contributed by atoms with Crippen LogP contribution in [0.2, 0.25) is 0 Å². The summed E-state index contributed by atoms with van der Waals surface area (Å²) in [6.07, 6.45) is 3.12. The number of aliphatic imine (C=N–C) groups is 1. The van der Waals surface area contributed by atoms with E-state index in [1.54, 1.807) is 12.3 Å². The summed E-state index contributed by atoms with van der Waals surface area (Å²) in [4.78, 5) is 15.8. The summed E-state index contributed by atoms with van der Waals surface area (Å²) in [6.45, 7) is 0. The van der Waals surface area contributed by atoms with Gasteiger partial charge < -0.3 is 5.73 Å². The molecule has 13 heavy (non-hydrogen) atoms. The number of nitrogens with one attached hydrogen (secondary N) is 2. The summed E-state index contributed by atoms with van der Waals surface area (Å²) >= 11 is 0. The third-order valence-electron chi connectivity index (χ3n) is 1.20. The van der Waals surface area contributed by atoms with Crippen LogP contribution in [0.1, 0.15) is 0 Å². The molecular formula is C6H10N6O. The molecule has 7 nitrogen and oxygen atoms in total. The van der Waals surface area contributed by atoms with Crippen LogP contribution in [0.25, 0.3) is 0 Å². The summed E-state index contributed by atoms with van der Waals surface area (Å²) in [6, 6.07) is 1.18. The molecule has 2 amide bonds. The predicted molar refractivity (Wildman–Crippen MR) is 47.7 cm³/mol. The maximum Gasteiger partial charge on any atom is 0.341 e. The van der Waals surface area contributed by atoms with Crippen LogP contribution in [0.15, 0.2) is 23.5 Å². The quantitative estimate of drug-likeness (QED) is 0.387. The molecule has 0 fully saturated rings. The molecule has 0 aromatic carbocycles. The molecule has 0 aliphatic carbocycles. The second-order valence-electron chi connectivity index (χ2n) is 2.13. The number of urea groups is 1. The van der Waals surface area contributed by atoms with Gasteiger partial charge in [0, 0.05) is 13.2 Å². The molecule has 0 saturated heterocycles. The van der Waals surface area contributed by atoms with Gasteiger partial charge in [-0.15, -0.1) is 0 Å². The molecule has 70 valence electrons. The van der Waals surface area contributed by atoms with Gasteiger partial charge in [0.15, 0.2) is 5.96 Å². The molecule has 0 atom stereocenters. The molecule has 1 aromatic rings. The Hall–Kier alpha value is -2.05. The highest BCUT2D eigenvalue weighted by Gasteiger charge is 2.00. The molecule has 0 spiro atoms. The third-order valence-corrected chi connectivity index (χ3v) is 1.20. The first-order valence-electron chi connectivity index (χ1n) is 3.52. The van der Waals surface area contributed by atoms with Crippen molar-refractivity contribution in [3.63, 3.8) is 0 Å². The van der Waals surface area contributed by atoms with Crippen molar-refractivity contribution in [1.82, 2.24) is 15.2 Å². The van der Waals surface area contributed by atoms with E-state index in [9.17, 15) is 4.79 Å². The Balaban J connectivity index is 2.43. The van der Waals surface area contributed by atoms with E-state index >= 15 is 0 Å². The zero-order valence-corrected chi connectivity index (χ0v) is 7.06. The van der Waals surface area contributed by atoms with E-state index in [0.717, 1.165) is 0 Å². The van der Waals surface area contributed by atoms with Crippen molar-refractivity contribution in [2.45, 2.75) is 0 Å².